The molecule has 0 N–H and O–H groups in total. The van der Waals surface area contributed by atoms with Gasteiger partial charge in [-0.25, -0.2) is 0 Å². The molecule has 0 unspecified atom stereocenters. The number of unbranched alkanes of at least 4 members (excludes halogenated alkanes) is 2. The standard InChI is InChI=1S/2C32H40N4.2Co/c2*1-9-25-19(3)17-33-31(25)15-29-21(5)27(23(7)35-29)13-11-12-14-28-22(6)30(36-24(28)8)16-32-26(10-2)20(4)18-34-32;;/h2*15-18H,9-14H2,1-8H3;;/q2*-2;2*+2/b29-15+,32-16+;29-15-,32-16+;;. The molecule has 0 aromatic carbocycles. The number of nitrogens with zero attached hydrogens (tertiary/aromatic N) is 8. The first-order chi connectivity index (χ1) is 34.5. The second kappa shape index (κ2) is 26.5. The molecular formula is C64H80Co2N8. The van der Waals surface area contributed by atoms with Gasteiger partial charge >= 0.3 is 33.6 Å². The van der Waals surface area contributed by atoms with Crippen LogP contribution in [0.15, 0.2) is 99.7 Å². The number of aryl methyl sites for hydroxylation is 4. The van der Waals surface area contributed by atoms with Crippen molar-refractivity contribution in [3.8, 4) is 0 Å². The zero-order chi connectivity index (χ0) is 52.0. The first-order valence-electron chi connectivity index (χ1n) is 26.8. The Morgan fingerprint density at radius 3 is 1.11 bits per heavy atom. The number of hydrogen-bond donors (Lipinski definition) is 0. The summed E-state index contributed by atoms with van der Waals surface area (Å²) in [7, 11) is 0. The Balaban J connectivity index is 0.000000267. The number of rotatable bonds is 18. The van der Waals surface area contributed by atoms with Gasteiger partial charge in [-0.3, -0.25) is 20.0 Å². The fourth-order valence-electron chi connectivity index (χ4n) is 11.2. The van der Waals surface area contributed by atoms with Gasteiger partial charge in [0, 0.05) is 23.9 Å². The van der Waals surface area contributed by atoms with Gasteiger partial charge in [-0.1, -0.05) is 110 Å². The molecular weight excluding hydrogens is 999 g/mol. The van der Waals surface area contributed by atoms with Gasteiger partial charge in [0.15, 0.2) is 0 Å². The minimum Gasteiger partial charge on any atom is -0.664 e. The summed E-state index contributed by atoms with van der Waals surface area (Å²) in [6, 6.07) is 0. The average molecular weight is 1080 g/mol. The maximum absolute atomic E-state index is 4.90. The van der Waals surface area contributed by atoms with Crippen molar-refractivity contribution in [2.75, 3.05) is 0 Å². The third-order valence-electron chi connectivity index (χ3n) is 15.7. The molecule has 4 aliphatic rings. The van der Waals surface area contributed by atoms with E-state index in [4.69, 9.17) is 20.0 Å². The summed E-state index contributed by atoms with van der Waals surface area (Å²) in [6.07, 6.45) is 29.4. The maximum Gasteiger partial charge on any atom is 2.00 e. The zero-order valence-electron chi connectivity index (χ0n) is 47.3. The summed E-state index contributed by atoms with van der Waals surface area (Å²) in [6.45, 7) is 34.8. The smallest absolute Gasteiger partial charge is 0.664 e. The minimum atomic E-state index is 0. The molecule has 10 heteroatoms. The predicted octanol–water partition coefficient (Wildman–Crippen LogP) is 15.6. The van der Waals surface area contributed by atoms with Crippen LogP contribution in [-0.4, -0.2) is 23.9 Å². The molecule has 74 heavy (non-hydrogen) atoms. The van der Waals surface area contributed by atoms with Crippen LogP contribution in [0.25, 0.3) is 24.3 Å². The van der Waals surface area contributed by atoms with Gasteiger partial charge in [0.2, 0.25) is 0 Å². The summed E-state index contributed by atoms with van der Waals surface area (Å²) in [5.41, 5.74) is 34.4. The van der Waals surface area contributed by atoms with Crippen LogP contribution in [0.3, 0.4) is 0 Å². The fourth-order valence-corrected chi connectivity index (χ4v) is 11.2. The molecule has 0 fully saturated rings. The molecule has 8 rings (SSSR count). The molecule has 4 aliphatic heterocycles. The van der Waals surface area contributed by atoms with E-state index < -0.39 is 0 Å². The van der Waals surface area contributed by atoms with Crippen LogP contribution < -0.4 is 19.9 Å². The van der Waals surface area contributed by atoms with Crippen LogP contribution in [0.1, 0.15) is 199 Å². The van der Waals surface area contributed by atoms with E-state index in [9.17, 15) is 0 Å². The second-order valence-corrected chi connectivity index (χ2v) is 20.4. The number of hydrogen-bond acceptors (Lipinski definition) is 4. The average Bonchev–Trinajstić information content (AvgIpc) is 4.24. The van der Waals surface area contributed by atoms with Crippen molar-refractivity contribution in [1.82, 2.24) is 19.9 Å². The largest absolute Gasteiger partial charge is 2.00 e. The van der Waals surface area contributed by atoms with Crippen LogP contribution in [0.2, 0.25) is 0 Å². The van der Waals surface area contributed by atoms with Crippen LogP contribution in [0.5, 0.6) is 0 Å². The molecule has 0 saturated heterocycles. The number of aliphatic imine (C=N–C) groups is 4. The molecule has 394 valence electrons. The van der Waals surface area contributed by atoms with E-state index >= 15 is 0 Å². The topological polar surface area (TPSA) is 106 Å². The number of allylic oxidation sites excluding steroid dienone is 8. The van der Waals surface area contributed by atoms with E-state index in [-0.39, 0.29) is 33.6 Å². The Kier molecular flexibility index (Phi) is 21.3. The third-order valence-corrected chi connectivity index (χ3v) is 15.7. The minimum absolute atomic E-state index is 0. The molecule has 0 aliphatic carbocycles. The van der Waals surface area contributed by atoms with E-state index in [2.05, 4.69) is 155 Å². The first-order valence-corrected chi connectivity index (χ1v) is 26.8. The quantitative estimate of drug-likeness (QED) is 0.0925. The Morgan fingerprint density at radius 1 is 0.405 bits per heavy atom. The van der Waals surface area contributed by atoms with Crippen molar-refractivity contribution in [1.29, 1.82) is 0 Å². The summed E-state index contributed by atoms with van der Waals surface area (Å²) >= 11 is 0. The molecule has 2 radical (unpaired) electrons. The van der Waals surface area contributed by atoms with Crippen LogP contribution >= 0.6 is 0 Å². The van der Waals surface area contributed by atoms with Gasteiger partial charge < -0.3 is 19.9 Å². The van der Waals surface area contributed by atoms with Gasteiger partial charge in [0.05, 0.1) is 22.8 Å². The molecule has 4 aromatic rings. The summed E-state index contributed by atoms with van der Waals surface area (Å²) in [5.74, 6) is 0. The van der Waals surface area contributed by atoms with Gasteiger partial charge in [0.1, 0.15) is 0 Å². The van der Waals surface area contributed by atoms with E-state index in [1.165, 1.54) is 89.1 Å². The van der Waals surface area contributed by atoms with Crippen LogP contribution in [-0.2, 0) is 59.2 Å². The normalized spacial score (nSPS) is 17.6. The molecule has 0 atom stereocenters. The van der Waals surface area contributed by atoms with Crippen molar-refractivity contribution in [2.45, 2.75) is 188 Å². The Labute approximate surface area is 465 Å². The van der Waals surface area contributed by atoms with E-state index in [1.807, 2.05) is 24.8 Å². The first kappa shape index (κ1) is 59.6. The monoisotopic (exact) mass is 1080 g/mol. The third kappa shape index (κ3) is 13.0. The van der Waals surface area contributed by atoms with E-state index in [0.717, 1.165) is 145 Å². The van der Waals surface area contributed by atoms with Crippen LogP contribution in [0.4, 0.5) is 0 Å². The molecule has 8 heterocycles. The Bertz CT molecular complexity index is 2910. The Morgan fingerprint density at radius 2 is 0.757 bits per heavy atom. The molecule has 4 aromatic heterocycles. The van der Waals surface area contributed by atoms with Crippen molar-refractivity contribution >= 4 is 48.2 Å². The van der Waals surface area contributed by atoms with Gasteiger partial charge in [-0.05, 0) is 191 Å². The molecule has 0 amide bonds. The van der Waals surface area contributed by atoms with Gasteiger partial charge in [0.25, 0.3) is 0 Å². The van der Waals surface area contributed by atoms with Crippen molar-refractivity contribution < 1.29 is 33.6 Å². The van der Waals surface area contributed by atoms with Gasteiger partial charge in [-0.15, -0.1) is 22.8 Å². The maximum atomic E-state index is 4.90. The van der Waals surface area contributed by atoms with Crippen molar-refractivity contribution in [3.63, 3.8) is 0 Å². The van der Waals surface area contributed by atoms with Crippen molar-refractivity contribution in [2.24, 2.45) is 20.0 Å². The van der Waals surface area contributed by atoms with E-state index in [1.54, 1.807) is 0 Å². The molecule has 0 spiro atoms. The molecule has 0 bridgehead atoms. The number of aromatic nitrogens is 4. The molecule has 0 saturated carbocycles. The molecule has 8 nitrogen and oxygen atoms in total. The van der Waals surface area contributed by atoms with E-state index in [0.29, 0.717) is 0 Å². The SMILES string of the molecule is CCC1=C(C)C=N/C1=C/c1[n-]c(C)c(CCCCC2=C(C)/C(=C/c3[n-]cc(C)c3CC)N=C2C)c1C.CCC1=C(C)C=N/C1=C/c1[n-]c(C)c(CCCCC2=C(C)/C(=C\c3[n-]cc(C)c3CC)N=C2C)c1C.[Co+2].[Co+2]. The fraction of sp³-hybridized carbons (Fsp3) is 0.438. The summed E-state index contributed by atoms with van der Waals surface area (Å²) in [4.78, 5) is 38.1. The Hall–Kier alpha value is -5.27. The zero-order valence-corrected chi connectivity index (χ0v) is 49.4. The van der Waals surface area contributed by atoms with Gasteiger partial charge in [-0.2, -0.15) is 23.8 Å². The summed E-state index contributed by atoms with van der Waals surface area (Å²) in [5, 5.41) is 0. The summed E-state index contributed by atoms with van der Waals surface area (Å²) < 4.78 is 0. The predicted molar refractivity (Wildman–Crippen MR) is 308 cm³/mol. The van der Waals surface area contributed by atoms with Crippen LogP contribution in [0, 0.1) is 41.5 Å². The van der Waals surface area contributed by atoms with Crippen molar-refractivity contribution in [3.05, 3.63) is 158 Å². The second-order valence-electron chi connectivity index (χ2n) is 20.4.